The van der Waals surface area contributed by atoms with Crippen LogP contribution >= 0.6 is 0 Å². The zero-order valence-corrected chi connectivity index (χ0v) is 7.25. The van der Waals surface area contributed by atoms with Gasteiger partial charge in [0, 0.05) is 13.0 Å². The van der Waals surface area contributed by atoms with E-state index in [1.165, 1.54) is 0 Å². The van der Waals surface area contributed by atoms with Gasteiger partial charge in [-0.2, -0.15) is 0 Å². The SMILES string of the molecule is CC(C)(C)C1NCCC1(F)F. The minimum absolute atomic E-state index is 0.0189. The van der Waals surface area contributed by atoms with Crippen molar-refractivity contribution in [2.45, 2.75) is 39.2 Å². The molecule has 1 heterocycles. The predicted octanol–water partition coefficient (Wildman–Crippen LogP) is 2.03. The van der Waals surface area contributed by atoms with E-state index in [0.717, 1.165) is 0 Å². The number of rotatable bonds is 0. The summed E-state index contributed by atoms with van der Waals surface area (Å²) in [6.07, 6.45) is -0.0189. The van der Waals surface area contributed by atoms with Crippen molar-refractivity contribution >= 4 is 0 Å². The summed E-state index contributed by atoms with van der Waals surface area (Å²) in [6.45, 7) is 5.95. The van der Waals surface area contributed by atoms with Crippen LogP contribution in [0.2, 0.25) is 0 Å². The molecule has 0 saturated carbocycles. The van der Waals surface area contributed by atoms with E-state index < -0.39 is 12.0 Å². The molecule has 1 fully saturated rings. The molecule has 66 valence electrons. The zero-order chi connectivity index (χ0) is 8.70. The van der Waals surface area contributed by atoms with Gasteiger partial charge in [-0.25, -0.2) is 8.78 Å². The lowest BCUT2D eigenvalue weighted by atomic mass is 9.84. The second-order valence-electron chi connectivity index (χ2n) is 4.26. The molecule has 0 aliphatic carbocycles. The van der Waals surface area contributed by atoms with Crippen LogP contribution in [0.15, 0.2) is 0 Å². The van der Waals surface area contributed by atoms with Gasteiger partial charge in [-0.3, -0.25) is 0 Å². The fraction of sp³-hybridized carbons (Fsp3) is 1.00. The second-order valence-corrected chi connectivity index (χ2v) is 4.26. The average Bonchev–Trinajstić information content (AvgIpc) is 2.06. The van der Waals surface area contributed by atoms with Crippen molar-refractivity contribution in [3.63, 3.8) is 0 Å². The molecule has 11 heavy (non-hydrogen) atoms. The van der Waals surface area contributed by atoms with Gasteiger partial charge < -0.3 is 5.32 Å². The van der Waals surface area contributed by atoms with Gasteiger partial charge in [0.15, 0.2) is 0 Å². The summed E-state index contributed by atoms with van der Waals surface area (Å²) in [4.78, 5) is 0. The van der Waals surface area contributed by atoms with Crippen molar-refractivity contribution in [2.75, 3.05) is 6.54 Å². The maximum absolute atomic E-state index is 13.0. The van der Waals surface area contributed by atoms with Crippen LogP contribution in [0.25, 0.3) is 0 Å². The molecule has 1 saturated heterocycles. The first-order valence-electron chi connectivity index (χ1n) is 3.95. The number of hydrogen-bond acceptors (Lipinski definition) is 1. The van der Waals surface area contributed by atoms with Crippen molar-refractivity contribution in [1.29, 1.82) is 0 Å². The molecule has 0 aromatic carbocycles. The highest BCUT2D eigenvalue weighted by Crippen LogP contribution is 2.37. The third kappa shape index (κ3) is 1.70. The first-order chi connectivity index (χ1) is 4.84. The Labute approximate surface area is 66.2 Å². The molecule has 0 spiro atoms. The van der Waals surface area contributed by atoms with E-state index in [4.69, 9.17) is 0 Å². The average molecular weight is 163 g/mol. The Morgan fingerprint density at radius 2 is 1.91 bits per heavy atom. The van der Waals surface area contributed by atoms with Gasteiger partial charge in [-0.05, 0) is 5.41 Å². The van der Waals surface area contributed by atoms with Crippen LogP contribution in [-0.2, 0) is 0 Å². The maximum atomic E-state index is 13.0. The van der Waals surface area contributed by atoms with E-state index >= 15 is 0 Å². The first-order valence-corrected chi connectivity index (χ1v) is 3.95. The summed E-state index contributed by atoms with van der Waals surface area (Å²) in [7, 11) is 0. The predicted molar refractivity (Wildman–Crippen MR) is 40.8 cm³/mol. The summed E-state index contributed by atoms with van der Waals surface area (Å²) in [5.41, 5.74) is -0.347. The van der Waals surface area contributed by atoms with Crippen molar-refractivity contribution in [3.05, 3.63) is 0 Å². The van der Waals surface area contributed by atoms with E-state index in [2.05, 4.69) is 5.32 Å². The van der Waals surface area contributed by atoms with Crippen LogP contribution in [0.3, 0.4) is 0 Å². The third-order valence-electron chi connectivity index (χ3n) is 2.10. The highest BCUT2D eigenvalue weighted by Gasteiger charge is 2.49. The third-order valence-corrected chi connectivity index (χ3v) is 2.10. The van der Waals surface area contributed by atoms with Gasteiger partial charge in [0.1, 0.15) is 0 Å². The van der Waals surface area contributed by atoms with Crippen molar-refractivity contribution in [3.8, 4) is 0 Å². The van der Waals surface area contributed by atoms with E-state index in [0.29, 0.717) is 6.54 Å². The van der Waals surface area contributed by atoms with E-state index in [9.17, 15) is 8.78 Å². The lowest BCUT2D eigenvalue weighted by Gasteiger charge is -2.31. The highest BCUT2D eigenvalue weighted by molar-refractivity contribution is 4.97. The number of nitrogens with one attached hydrogen (secondary N) is 1. The van der Waals surface area contributed by atoms with Gasteiger partial charge in [0.25, 0.3) is 5.92 Å². The Morgan fingerprint density at radius 3 is 2.09 bits per heavy atom. The summed E-state index contributed by atoms with van der Waals surface area (Å²) in [6, 6.07) is -0.657. The molecule has 1 aliphatic heterocycles. The first kappa shape index (κ1) is 8.91. The summed E-state index contributed by atoms with van der Waals surface area (Å²) >= 11 is 0. The molecule has 0 radical (unpaired) electrons. The van der Waals surface area contributed by atoms with Crippen LogP contribution < -0.4 is 5.32 Å². The molecule has 1 aliphatic rings. The number of halogens is 2. The van der Waals surface area contributed by atoms with Gasteiger partial charge in [0.05, 0.1) is 6.04 Å². The Hall–Kier alpha value is -0.180. The number of hydrogen-bond donors (Lipinski definition) is 1. The van der Waals surface area contributed by atoms with Crippen LogP contribution in [0, 0.1) is 5.41 Å². The summed E-state index contributed by atoms with van der Waals surface area (Å²) in [5, 5.41) is 2.84. The molecule has 1 unspecified atom stereocenters. The van der Waals surface area contributed by atoms with Crippen molar-refractivity contribution in [2.24, 2.45) is 5.41 Å². The zero-order valence-electron chi connectivity index (χ0n) is 7.25. The smallest absolute Gasteiger partial charge is 0.264 e. The van der Waals surface area contributed by atoms with E-state index in [-0.39, 0.29) is 11.8 Å². The fourth-order valence-electron chi connectivity index (χ4n) is 1.62. The quantitative estimate of drug-likeness (QED) is 0.576. The minimum atomic E-state index is -2.52. The molecular formula is C8H15F2N. The molecule has 1 nitrogen and oxygen atoms in total. The highest BCUT2D eigenvalue weighted by atomic mass is 19.3. The van der Waals surface area contributed by atoms with Crippen LogP contribution in [0.5, 0.6) is 0 Å². The Balaban J connectivity index is 2.73. The molecule has 3 heteroatoms. The monoisotopic (exact) mass is 163 g/mol. The molecule has 0 aromatic rings. The molecule has 1 rings (SSSR count). The summed E-state index contributed by atoms with van der Waals surface area (Å²) in [5.74, 6) is -2.52. The lowest BCUT2D eigenvalue weighted by molar-refractivity contribution is -0.0431. The van der Waals surface area contributed by atoms with Crippen molar-refractivity contribution < 1.29 is 8.78 Å². The Morgan fingerprint density at radius 1 is 1.36 bits per heavy atom. The minimum Gasteiger partial charge on any atom is -0.308 e. The standard InChI is InChI=1S/C8H15F2N/c1-7(2,3)6-8(9,10)4-5-11-6/h6,11H,4-5H2,1-3H3. The van der Waals surface area contributed by atoms with Crippen molar-refractivity contribution in [1.82, 2.24) is 5.32 Å². The fourth-order valence-corrected chi connectivity index (χ4v) is 1.62. The topological polar surface area (TPSA) is 12.0 Å². The van der Waals surface area contributed by atoms with Gasteiger partial charge in [-0.1, -0.05) is 20.8 Å². The van der Waals surface area contributed by atoms with Crippen LogP contribution in [0.1, 0.15) is 27.2 Å². The van der Waals surface area contributed by atoms with Crippen LogP contribution in [0.4, 0.5) is 8.78 Å². The summed E-state index contributed by atoms with van der Waals surface area (Å²) < 4.78 is 26.1. The molecular weight excluding hydrogens is 148 g/mol. The van der Waals surface area contributed by atoms with Crippen LogP contribution in [-0.4, -0.2) is 18.5 Å². The Bertz CT molecular complexity index is 149. The Kier molecular flexibility index (Phi) is 1.95. The van der Waals surface area contributed by atoms with Gasteiger partial charge in [0.2, 0.25) is 0 Å². The molecule has 0 bridgehead atoms. The normalized spacial score (nSPS) is 30.8. The van der Waals surface area contributed by atoms with Gasteiger partial charge in [-0.15, -0.1) is 0 Å². The maximum Gasteiger partial charge on any atom is 0.264 e. The molecule has 0 amide bonds. The lowest BCUT2D eigenvalue weighted by Crippen LogP contribution is -2.45. The molecule has 1 N–H and O–H groups in total. The largest absolute Gasteiger partial charge is 0.308 e. The van der Waals surface area contributed by atoms with E-state index in [1.54, 1.807) is 0 Å². The second kappa shape index (κ2) is 2.41. The van der Waals surface area contributed by atoms with E-state index in [1.807, 2.05) is 20.8 Å². The van der Waals surface area contributed by atoms with Gasteiger partial charge >= 0.3 is 0 Å². The number of alkyl halides is 2. The molecule has 1 atom stereocenters. The molecule has 0 aromatic heterocycles.